The van der Waals surface area contributed by atoms with Gasteiger partial charge in [-0.1, -0.05) is 53.2 Å². The molecule has 1 aliphatic heterocycles. The van der Waals surface area contributed by atoms with Gasteiger partial charge in [0.2, 0.25) is 0 Å². The van der Waals surface area contributed by atoms with E-state index in [-0.39, 0.29) is 11.6 Å². The number of benzene rings is 2. The molecule has 2 heterocycles. The first kappa shape index (κ1) is 21.2. The van der Waals surface area contributed by atoms with Gasteiger partial charge >= 0.3 is 0 Å². The van der Waals surface area contributed by atoms with Gasteiger partial charge in [-0.25, -0.2) is 4.68 Å². The number of anilines is 1. The molecule has 2 N–H and O–H groups in total. The summed E-state index contributed by atoms with van der Waals surface area (Å²) in [5.41, 5.74) is 3.58. The summed E-state index contributed by atoms with van der Waals surface area (Å²) in [5.74, 6) is -0.303. The molecule has 0 radical (unpaired) electrons. The van der Waals surface area contributed by atoms with Crippen LogP contribution in [0.15, 0.2) is 54.7 Å². The number of aliphatic hydroxyl groups is 1. The first-order valence-corrected chi connectivity index (χ1v) is 10.7. The SMILES string of the molecule is Cc1ccc(NC(=O)c2cn(CC3(O)CCN(Cc4ccccc4)CC3)nn2)c(C)c1. The van der Waals surface area contributed by atoms with Gasteiger partial charge in [0.1, 0.15) is 0 Å². The van der Waals surface area contributed by atoms with Crippen LogP contribution in [-0.2, 0) is 13.1 Å². The lowest BCUT2D eigenvalue weighted by Gasteiger charge is -2.38. The second kappa shape index (κ2) is 8.99. The van der Waals surface area contributed by atoms with Gasteiger partial charge in [0.15, 0.2) is 5.69 Å². The molecule has 1 aliphatic rings. The third-order valence-electron chi connectivity index (χ3n) is 5.89. The standard InChI is InChI=1S/C24H29N5O2/c1-18-8-9-21(19(2)14-18)25-23(30)22-16-29(27-26-22)17-24(31)10-12-28(13-11-24)15-20-6-4-3-5-7-20/h3-9,14,16,31H,10-13,15,17H2,1-2H3,(H,25,30). The fourth-order valence-corrected chi connectivity index (χ4v) is 4.05. The maximum atomic E-state index is 12.6. The van der Waals surface area contributed by atoms with Crippen molar-refractivity contribution in [2.75, 3.05) is 18.4 Å². The molecule has 0 atom stereocenters. The highest BCUT2D eigenvalue weighted by Gasteiger charge is 2.33. The van der Waals surface area contributed by atoms with E-state index >= 15 is 0 Å². The predicted octanol–water partition coefficient (Wildman–Crippen LogP) is 3.17. The Balaban J connectivity index is 1.32. The van der Waals surface area contributed by atoms with Crippen LogP contribution in [0.25, 0.3) is 0 Å². The van der Waals surface area contributed by atoms with E-state index in [9.17, 15) is 9.90 Å². The molecule has 1 saturated heterocycles. The summed E-state index contributed by atoms with van der Waals surface area (Å²) in [6.07, 6.45) is 2.92. The third-order valence-corrected chi connectivity index (χ3v) is 5.89. The maximum Gasteiger partial charge on any atom is 0.277 e. The molecule has 0 spiro atoms. The highest BCUT2D eigenvalue weighted by atomic mass is 16.3. The lowest BCUT2D eigenvalue weighted by molar-refractivity contribution is -0.0383. The van der Waals surface area contributed by atoms with Crippen molar-refractivity contribution in [3.8, 4) is 0 Å². The normalized spacial score (nSPS) is 16.2. The van der Waals surface area contributed by atoms with Crippen molar-refractivity contribution in [2.24, 2.45) is 0 Å². The number of amides is 1. The van der Waals surface area contributed by atoms with Crippen LogP contribution in [-0.4, -0.2) is 49.6 Å². The van der Waals surface area contributed by atoms with Crippen LogP contribution in [0.2, 0.25) is 0 Å². The van der Waals surface area contributed by atoms with Crippen molar-refractivity contribution in [3.63, 3.8) is 0 Å². The zero-order valence-corrected chi connectivity index (χ0v) is 18.1. The van der Waals surface area contributed by atoms with E-state index in [1.165, 1.54) is 5.56 Å². The molecule has 3 aromatic rings. The quantitative estimate of drug-likeness (QED) is 0.641. The Kier molecular flexibility index (Phi) is 6.15. The molecular formula is C24H29N5O2. The van der Waals surface area contributed by atoms with Crippen LogP contribution < -0.4 is 5.32 Å². The Morgan fingerprint density at radius 3 is 2.58 bits per heavy atom. The number of hydrogen-bond donors (Lipinski definition) is 2. The highest BCUT2D eigenvalue weighted by Crippen LogP contribution is 2.25. The Hall–Kier alpha value is -3.03. The first-order valence-electron chi connectivity index (χ1n) is 10.7. The Bertz CT molecular complexity index is 1040. The number of nitrogens with one attached hydrogen (secondary N) is 1. The molecule has 0 aliphatic carbocycles. The molecular weight excluding hydrogens is 390 g/mol. The fourth-order valence-electron chi connectivity index (χ4n) is 4.05. The first-order chi connectivity index (χ1) is 14.9. The van der Waals surface area contributed by atoms with Crippen LogP contribution >= 0.6 is 0 Å². The van der Waals surface area contributed by atoms with Gasteiger partial charge in [0, 0.05) is 25.3 Å². The minimum Gasteiger partial charge on any atom is -0.388 e. The van der Waals surface area contributed by atoms with Crippen LogP contribution in [0.1, 0.15) is 40.0 Å². The topological polar surface area (TPSA) is 83.3 Å². The molecule has 1 fully saturated rings. The van der Waals surface area contributed by atoms with E-state index in [2.05, 4.69) is 32.7 Å². The second-order valence-corrected chi connectivity index (χ2v) is 8.56. The smallest absolute Gasteiger partial charge is 0.277 e. The van der Waals surface area contributed by atoms with E-state index in [0.717, 1.165) is 36.4 Å². The molecule has 2 aromatic carbocycles. The number of carbonyl (C=O) groups is 1. The van der Waals surface area contributed by atoms with Crippen molar-refractivity contribution in [2.45, 2.75) is 45.4 Å². The zero-order valence-electron chi connectivity index (χ0n) is 18.1. The minimum absolute atomic E-state index is 0.241. The van der Waals surface area contributed by atoms with E-state index in [4.69, 9.17) is 0 Å². The van der Waals surface area contributed by atoms with E-state index in [0.29, 0.717) is 19.4 Å². The number of piperidine rings is 1. The number of carbonyl (C=O) groups excluding carboxylic acids is 1. The average Bonchev–Trinajstić information content (AvgIpc) is 3.21. The van der Waals surface area contributed by atoms with Crippen molar-refractivity contribution in [1.82, 2.24) is 19.9 Å². The van der Waals surface area contributed by atoms with E-state index in [1.54, 1.807) is 10.9 Å². The van der Waals surface area contributed by atoms with Crippen molar-refractivity contribution in [1.29, 1.82) is 0 Å². The van der Waals surface area contributed by atoms with Gasteiger partial charge in [-0.05, 0) is 43.9 Å². The molecule has 7 heteroatoms. The summed E-state index contributed by atoms with van der Waals surface area (Å²) in [5, 5.41) is 22.0. The van der Waals surface area contributed by atoms with Crippen molar-refractivity contribution in [3.05, 3.63) is 77.1 Å². The van der Waals surface area contributed by atoms with Crippen molar-refractivity contribution < 1.29 is 9.90 Å². The molecule has 1 amide bonds. The van der Waals surface area contributed by atoms with Gasteiger partial charge in [0.25, 0.3) is 5.91 Å². The van der Waals surface area contributed by atoms with Crippen LogP contribution in [0, 0.1) is 13.8 Å². The predicted molar refractivity (Wildman–Crippen MR) is 120 cm³/mol. The second-order valence-electron chi connectivity index (χ2n) is 8.56. The van der Waals surface area contributed by atoms with Crippen LogP contribution in [0.3, 0.4) is 0 Å². The van der Waals surface area contributed by atoms with Gasteiger partial charge in [0.05, 0.1) is 18.3 Å². The summed E-state index contributed by atoms with van der Waals surface area (Å²) in [6.45, 7) is 6.83. The summed E-state index contributed by atoms with van der Waals surface area (Å²) < 4.78 is 1.57. The molecule has 0 unspecified atom stereocenters. The van der Waals surface area contributed by atoms with Gasteiger partial charge in [-0.2, -0.15) is 0 Å². The number of likely N-dealkylation sites (tertiary alicyclic amines) is 1. The number of nitrogens with zero attached hydrogens (tertiary/aromatic N) is 4. The monoisotopic (exact) mass is 419 g/mol. The van der Waals surface area contributed by atoms with Crippen LogP contribution in [0.5, 0.6) is 0 Å². The number of hydrogen-bond acceptors (Lipinski definition) is 5. The summed E-state index contributed by atoms with van der Waals surface area (Å²) in [4.78, 5) is 14.9. The Labute approximate surface area is 182 Å². The molecule has 7 nitrogen and oxygen atoms in total. The highest BCUT2D eigenvalue weighted by molar-refractivity contribution is 6.03. The summed E-state index contributed by atoms with van der Waals surface area (Å²) in [7, 11) is 0. The zero-order chi connectivity index (χ0) is 21.8. The summed E-state index contributed by atoms with van der Waals surface area (Å²) >= 11 is 0. The van der Waals surface area contributed by atoms with Gasteiger partial charge in [-0.15, -0.1) is 5.10 Å². The minimum atomic E-state index is -0.845. The number of aryl methyl sites for hydroxylation is 2. The Morgan fingerprint density at radius 2 is 1.87 bits per heavy atom. The number of aromatic nitrogens is 3. The molecule has 162 valence electrons. The fraction of sp³-hybridized carbons (Fsp3) is 0.375. The van der Waals surface area contributed by atoms with Crippen LogP contribution in [0.4, 0.5) is 5.69 Å². The molecule has 0 bridgehead atoms. The van der Waals surface area contributed by atoms with E-state index in [1.807, 2.05) is 50.2 Å². The lowest BCUT2D eigenvalue weighted by atomic mass is 9.91. The van der Waals surface area contributed by atoms with Gasteiger partial charge < -0.3 is 10.4 Å². The van der Waals surface area contributed by atoms with E-state index < -0.39 is 5.60 Å². The summed E-state index contributed by atoms with van der Waals surface area (Å²) in [6, 6.07) is 16.2. The molecule has 31 heavy (non-hydrogen) atoms. The van der Waals surface area contributed by atoms with Crippen molar-refractivity contribution >= 4 is 11.6 Å². The third kappa shape index (κ3) is 5.37. The molecule has 4 rings (SSSR count). The molecule has 1 aromatic heterocycles. The largest absolute Gasteiger partial charge is 0.388 e. The maximum absolute atomic E-state index is 12.6. The Morgan fingerprint density at radius 1 is 1.13 bits per heavy atom. The van der Waals surface area contributed by atoms with Gasteiger partial charge in [-0.3, -0.25) is 9.69 Å². The average molecular weight is 420 g/mol. The molecule has 0 saturated carbocycles. The number of rotatable bonds is 6. The lowest BCUT2D eigenvalue weighted by Crippen LogP contribution is -2.46.